The molecule has 1 N–H and O–H groups in total. The Morgan fingerprint density at radius 2 is 2.33 bits per heavy atom. The van der Waals surface area contributed by atoms with E-state index in [1.165, 1.54) is 12.1 Å². The molecule has 0 radical (unpaired) electrons. The van der Waals surface area contributed by atoms with Crippen molar-refractivity contribution in [2.24, 2.45) is 0 Å². The minimum atomic E-state index is -0.278. The summed E-state index contributed by atoms with van der Waals surface area (Å²) in [6, 6.07) is 4.75. The van der Waals surface area contributed by atoms with Crippen LogP contribution in [0.4, 0.5) is 4.39 Å². The van der Waals surface area contributed by atoms with Gasteiger partial charge in [-0.3, -0.25) is 4.90 Å². The molecule has 1 unspecified atom stereocenters. The summed E-state index contributed by atoms with van der Waals surface area (Å²) in [7, 11) is 0. The summed E-state index contributed by atoms with van der Waals surface area (Å²) >= 11 is 0. The van der Waals surface area contributed by atoms with Crippen LogP contribution >= 0.6 is 0 Å². The number of nitrogens with zero attached hydrogens (tertiary/aromatic N) is 1. The predicted molar refractivity (Wildman–Crippen MR) is 80.3 cm³/mol. The van der Waals surface area contributed by atoms with E-state index >= 15 is 0 Å². The molecule has 1 saturated heterocycles. The average molecular weight is 291 g/mol. The zero-order valence-electron chi connectivity index (χ0n) is 12.4. The van der Waals surface area contributed by atoms with Crippen LogP contribution in [0.5, 0.6) is 0 Å². The van der Waals surface area contributed by atoms with Gasteiger partial charge < -0.3 is 9.84 Å². The van der Waals surface area contributed by atoms with Crippen molar-refractivity contribution in [2.75, 3.05) is 26.3 Å². The molecule has 2 rings (SSSR count). The average Bonchev–Trinajstić information content (AvgIpc) is 2.66. The quantitative estimate of drug-likeness (QED) is 0.866. The Morgan fingerprint density at radius 1 is 1.48 bits per heavy atom. The summed E-state index contributed by atoms with van der Waals surface area (Å²) in [5.41, 5.74) is 1.73. The second-order valence-corrected chi connectivity index (χ2v) is 5.35. The van der Waals surface area contributed by atoms with E-state index in [2.05, 4.69) is 23.7 Å². The zero-order chi connectivity index (χ0) is 15.1. The fraction of sp³-hybridized carbons (Fsp3) is 0.529. The second kappa shape index (κ2) is 8.14. The molecule has 1 aliphatic heterocycles. The maximum Gasteiger partial charge on any atom is 0.124 e. The van der Waals surface area contributed by atoms with Crippen molar-refractivity contribution in [1.82, 2.24) is 4.90 Å². The number of ether oxygens (including phenoxy) is 1. The first-order chi connectivity index (χ1) is 10.2. The molecule has 1 aromatic rings. The Labute approximate surface area is 125 Å². The van der Waals surface area contributed by atoms with E-state index in [-0.39, 0.29) is 18.5 Å². The highest BCUT2D eigenvalue weighted by Gasteiger charge is 2.16. The molecule has 1 heterocycles. The third-order valence-electron chi connectivity index (χ3n) is 3.46. The molecule has 1 aliphatic rings. The highest BCUT2D eigenvalue weighted by atomic mass is 19.1. The monoisotopic (exact) mass is 291 g/mol. The Hall–Kier alpha value is -1.41. The van der Waals surface area contributed by atoms with E-state index in [4.69, 9.17) is 9.84 Å². The van der Waals surface area contributed by atoms with Crippen LogP contribution in [0.2, 0.25) is 0 Å². The van der Waals surface area contributed by atoms with Crippen molar-refractivity contribution in [3.63, 3.8) is 0 Å². The van der Waals surface area contributed by atoms with Gasteiger partial charge in [0, 0.05) is 38.2 Å². The first-order valence-electron chi connectivity index (χ1n) is 7.41. The van der Waals surface area contributed by atoms with Crippen molar-refractivity contribution in [3.8, 4) is 11.8 Å². The van der Waals surface area contributed by atoms with Crippen molar-refractivity contribution < 1.29 is 14.2 Å². The Morgan fingerprint density at radius 3 is 3.14 bits per heavy atom. The molecule has 1 atom stereocenters. The maximum absolute atomic E-state index is 13.4. The van der Waals surface area contributed by atoms with E-state index in [0.29, 0.717) is 12.0 Å². The van der Waals surface area contributed by atoms with Crippen molar-refractivity contribution >= 4 is 0 Å². The van der Waals surface area contributed by atoms with Crippen LogP contribution in [0.3, 0.4) is 0 Å². The summed E-state index contributed by atoms with van der Waals surface area (Å²) < 4.78 is 19.1. The molecule has 1 fully saturated rings. The third-order valence-corrected chi connectivity index (χ3v) is 3.46. The normalized spacial score (nSPS) is 19.7. The number of rotatable bonds is 3. The highest BCUT2D eigenvalue weighted by molar-refractivity contribution is 5.41. The van der Waals surface area contributed by atoms with Gasteiger partial charge in [0.05, 0.1) is 12.7 Å². The molecule has 4 heteroatoms. The van der Waals surface area contributed by atoms with E-state index in [1.54, 1.807) is 6.07 Å². The number of halogens is 1. The minimum absolute atomic E-state index is 0.0264. The van der Waals surface area contributed by atoms with Crippen LogP contribution in [-0.2, 0) is 11.3 Å². The van der Waals surface area contributed by atoms with Crippen LogP contribution in [0.25, 0.3) is 0 Å². The fourth-order valence-corrected chi connectivity index (χ4v) is 2.48. The summed E-state index contributed by atoms with van der Waals surface area (Å²) in [4.78, 5) is 2.32. The predicted octanol–water partition coefficient (Wildman–Crippen LogP) is 2.17. The maximum atomic E-state index is 13.4. The van der Waals surface area contributed by atoms with Crippen LogP contribution in [0, 0.1) is 17.7 Å². The van der Waals surface area contributed by atoms with Crippen LogP contribution in [-0.4, -0.2) is 42.4 Å². The number of aliphatic hydroxyl groups is 1. The summed E-state index contributed by atoms with van der Waals surface area (Å²) in [5, 5.41) is 8.79. The first kappa shape index (κ1) is 16.0. The minimum Gasteiger partial charge on any atom is -0.395 e. The molecule has 0 amide bonds. The van der Waals surface area contributed by atoms with Gasteiger partial charge in [-0.05, 0) is 31.0 Å². The molecule has 0 aromatic heterocycles. The van der Waals surface area contributed by atoms with E-state index in [1.807, 2.05) is 0 Å². The molecule has 0 bridgehead atoms. The molecular weight excluding hydrogens is 269 g/mol. The van der Waals surface area contributed by atoms with Gasteiger partial charge in [0.15, 0.2) is 0 Å². The van der Waals surface area contributed by atoms with Crippen LogP contribution in [0.15, 0.2) is 18.2 Å². The van der Waals surface area contributed by atoms with Crippen molar-refractivity contribution in [2.45, 2.75) is 32.4 Å². The molecule has 21 heavy (non-hydrogen) atoms. The summed E-state index contributed by atoms with van der Waals surface area (Å²) in [5.74, 6) is 5.55. The van der Waals surface area contributed by atoms with E-state index in [0.717, 1.165) is 38.2 Å². The Kier molecular flexibility index (Phi) is 6.19. The molecular formula is C17H22FNO2. The zero-order valence-corrected chi connectivity index (χ0v) is 12.4. The number of aliphatic hydroxyl groups excluding tert-OH is 1. The number of hydrogen-bond acceptors (Lipinski definition) is 3. The third kappa shape index (κ3) is 5.13. The Bertz CT molecular complexity index is 521. The topological polar surface area (TPSA) is 32.7 Å². The first-order valence-corrected chi connectivity index (χ1v) is 7.41. The fourth-order valence-electron chi connectivity index (χ4n) is 2.48. The molecule has 0 saturated carbocycles. The molecule has 3 nitrogen and oxygen atoms in total. The smallest absolute Gasteiger partial charge is 0.124 e. The van der Waals surface area contributed by atoms with E-state index < -0.39 is 0 Å². The van der Waals surface area contributed by atoms with Crippen LogP contribution in [0.1, 0.15) is 30.9 Å². The largest absolute Gasteiger partial charge is 0.395 e. The highest BCUT2D eigenvalue weighted by Crippen LogP contribution is 2.15. The van der Waals surface area contributed by atoms with Crippen LogP contribution < -0.4 is 0 Å². The van der Waals surface area contributed by atoms with Crippen molar-refractivity contribution in [1.29, 1.82) is 0 Å². The standard InChI is InChI=1S/C17H22FNO2/c1-14-12-19(8-4-10-21-14)13-16-6-7-17(18)11-15(16)5-2-3-9-20/h6-7,11,14,20H,3-4,8-10,12-13H2,1H3. The lowest BCUT2D eigenvalue weighted by Crippen LogP contribution is -2.30. The van der Waals surface area contributed by atoms with Gasteiger partial charge in [0.2, 0.25) is 0 Å². The second-order valence-electron chi connectivity index (χ2n) is 5.35. The van der Waals surface area contributed by atoms with Crippen molar-refractivity contribution in [3.05, 3.63) is 35.1 Å². The summed E-state index contributed by atoms with van der Waals surface area (Å²) in [6.07, 6.45) is 1.64. The molecule has 0 aliphatic carbocycles. The van der Waals surface area contributed by atoms with Gasteiger partial charge >= 0.3 is 0 Å². The Balaban J connectivity index is 2.13. The lowest BCUT2D eigenvalue weighted by Gasteiger charge is -2.22. The van der Waals surface area contributed by atoms with Gasteiger partial charge in [-0.25, -0.2) is 4.39 Å². The van der Waals surface area contributed by atoms with Gasteiger partial charge in [0.1, 0.15) is 5.82 Å². The van der Waals surface area contributed by atoms with Gasteiger partial charge in [-0.1, -0.05) is 17.9 Å². The number of benzene rings is 1. The SMILES string of the molecule is CC1CN(Cc2ccc(F)cc2C#CCCO)CCCO1. The lowest BCUT2D eigenvalue weighted by atomic mass is 10.1. The van der Waals surface area contributed by atoms with Gasteiger partial charge in [-0.15, -0.1) is 0 Å². The van der Waals surface area contributed by atoms with E-state index in [9.17, 15) is 4.39 Å². The molecule has 114 valence electrons. The van der Waals surface area contributed by atoms with Gasteiger partial charge in [0.25, 0.3) is 0 Å². The molecule has 0 spiro atoms. The summed E-state index contributed by atoms with van der Waals surface area (Å²) in [6.45, 7) is 5.50. The van der Waals surface area contributed by atoms with Gasteiger partial charge in [-0.2, -0.15) is 0 Å². The number of hydrogen-bond donors (Lipinski definition) is 1. The molecule has 1 aromatic carbocycles. The lowest BCUT2D eigenvalue weighted by molar-refractivity contribution is 0.0668.